The zero-order valence-electron chi connectivity index (χ0n) is 10.2. The Morgan fingerprint density at radius 3 is 2.47 bits per heavy atom. The van der Waals surface area contributed by atoms with Crippen LogP contribution in [0.15, 0.2) is 0 Å². The molecule has 1 aliphatic rings. The minimum atomic E-state index is -3.47. The van der Waals surface area contributed by atoms with Crippen molar-refractivity contribution in [1.29, 1.82) is 0 Å². The molecule has 0 aromatic carbocycles. The monoisotopic (exact) mass is 264 g/mol. The van der Waals surface area contributed by atoms with Crippen molar-refractivity contribution in [2.75, 3.05) is 6.54 Å². The highest BCUT2D eigenvalue weighted by Crippen LogP contribution is 2.21. The van der Waals surface area contributed by atoms with Crippen LogP contribution in [0.25, 0.3) is 0 Å². The number of aliphatic carboxylic acids is 1. The molecule has 0 atom stereocenters. The first-order chi connectivity index (χ1) is 7.83. The molecule has 0 amide bonds. The van der Waals surface area contributed by atoms with Crippen molar-refractivity contribution >= 4 is 16.2 Å². The number of hydrogen-bond acceptors (Lipinski definition) is 3. The molecule has 0 bridgehead atoms. The minimum absolute atomic E-state index is 0.0117. The third kappa shape index (κ3) is 5.01. The number of hydrogen-bond donors (Lipinski definition) is 2. The Morgan fingerprint density at radius 1 is 1.47 bits per heavy atom. The topological polar surface area (TPSA) is 86.7 Å². The van der Waals surface area contributed by atoms with Gasteiger partial charge in [-0.15, -0.1) is 0 Å². The summed E-state index contributed by atoms with van der Waals surface area (Å²) in [5.41, 5.74) is 0. The largest absolute Gasteiger partial charge is 0.481 e. The van der Waals surface area contributed by atoms with Crippen molar-refractivity contribution in [2.24, 2.45) is 0 Å². The predicted molar refractivity (Wildman–Crippen MR) is 63.8 cm³/mol. The average Bonchev–Trinajstić information content (AvgIpc) is 2.93. The summed E-state index contributed by atoms with van der Waals surface area (Å²) in [5, 5.41) is 8.54. The molecule has 17 heavy (non-hydrogen) atoms. The molecule has 1 aliphatic carbocycles. The zero-order valence-corrected chi connectivity index (χ0v) is 11.0. The second-order valence-electron chi connectivity index (χ2n) is 4.60. The van der Waals surface area contributed by atoms with Crippen LogP contribution in [0.2, 0.25) is 0 Å². The molecule has 0 aromatic rings. The Bertz CT molecular complexity index is 363. The van der Waals surface area contributed by atoms with E-state index in [4.69, 9.17) is 5.11 Å². The van der Waals surface area contributed by atoms with Gasteiger partial charge in [-0.05, 0) is 33.1 Å². The van der Waals surface area contributed by atoms with Gasteiger partial charge >= 0.3 is 5.97 Å². The summed E-state index contributed by atoms with van der Waals surface area (Å²) in [6.07, 6.45) is 2.10. The van der Waals surface area contributed by atoms with Crippen LogP contribution in [0, 0.1) is 0 Å². The van der Waals surface area contributed by atoms with E-state index < -0.39 is 16.2 Å². The van der Waals surface area contributed by atoms with Gasteiger partial charge < -0.3 is 5.11 Å². The van der Waals surface area contributed by atoms with E-state index in [1.807, 2.05) is 0 Å². The van der Waals surface area contributed by atoms with E-state index in [-0.39, 0.29) is 25.0 Å². The molecule has 2 N–H and O–H groups in total. The molecule has 0 unspecified atom stereocenters. The van der Waals surface area contributed by atoms with Gasteiger partial charge in [0.25, 0.3) is 10.2 Å². The zero-order chi connectivity index (χ0) is 13.1. The highest BCUT2D eigenvalue weighted by atomic mass is 32.2. The maximum absolute atomic E-state index is 12.0. The molecule has 0 aliphatic heterocycles. The van der Waals surface area contributed by atoms with E-state index in [1.165, 1.54) is 4.31 Å². The lowest BCUT2D eigenvalue weighted by Crippen LogP contribution is -2.45. The first kappa shape index (κ1) is 14.4. The lowest BCUT2D eigenvalue weighted by molar-refractivity contribution is -0.137. The van der Waals surface area contributed by atoms with Crippen molar-refractivity contribution in [2.45, 2.75) is 51.6 Å². The SMILES string of the molecule is CC(C)N(CCCC(=O)O)S(=O)(=O)NC1CC1. The van der Waals surface area contributed by atoms with Gasteiger partial charge in [0.1, 0.15) is 0 Å². The lowest BCUT2D eigenvalue weighted by Gasteiger charge is -2.25. The molecule has 1 fully saturated rings. The second kappa shape index (κ2) is 5.79. The third-order valence-corrected chi connectivity index (χ3v) is 4.40. The van der Waals surface area contributed by atoms with Gasteiger partial charge in [-0.2, -0.15) is 17.4 Å². The molecular weight excluding hydrogens is 244 g/mol. The molecule has 7 heteroatoms. The molecule has 100 valence electrons. The molecule has 0 saturated heterocycles. The highest BCUT2D eigenvalue weighted by Gasteiger charge is 2.32. The first-order valence-electron chi connectivity index (χ1n) is 5.84. The number of carboxylic acids is 1. The van der Waals surface area contributed by atoms with Crippen molar-refractivity contribution < 1.29 is 18.3 Å². The van der Waals surface area contributed by atoms with E-state index in [1.54, 1.807) is 13.8 Å². The Labute approximate surface area is 102 Å². The van der Waals surface area contributed by atoms with E-state index >= 15 is 0 Å². The van der Waals surface area contributed by atoms with Gasteiger partial charge in [0.2, 0.25) is 0 Å². The van der Waals surface area contributed by atoms with E-state index in [0.29, 0.717) is 6.42 Å². The van der Waals surface area contributed by atoms with Crippen molar-refractivity contribution in [3.8, 4) is 0 Å². The lowest BCUT2D eigenvalue weighted by atomic mass is 10.3. The Hall–Kier alpha value is -0.660. The number of carbonyl (C=O) groups is 1. The summed E-state index contributed by atoms with van der Waals surface area (Å²) in [5.74, 6) is -0.902. The number of carboxylic acid groups (broad SMARTS) is 1. The molecule has 6 nitrogen and oxygen atoms in total. The number of rotatable bonds is 8. The smallest absolute Gasteiger partial charge is 0.303 e. The summed E-state index contributed by atoms with van der Waals surface area (Å²) in [6.45, 7) is 3.81. The number of nitrogens with zero attached hydrogens (tertiary/aromatic N) is 1. The standard InChI is InChI=1S/C10H20N2O4S/c1-8(2)12(7-3-4-10(13)14)17(15,16)11-9-5-6-9/h8-9,11H,3-7H2,1-2H3,(H,13,14). The molecular formula is C10H20N2O4S. The molecule has 0 heterocycles. The van der Waals surface area contributed by atoms with E-state index in [0.717, 1.165) is 12.8 Å². The van der Waals surface area contributed by atoms with Crippen LogP contribution in [0.4, 0.5) is 0 Å². The van der Waals surface area contributed by atoms with Crippen LogP contribution in [0.5, 0.6) is 0 Å². The van der Waals surface area contributed by atoms with Gasteiger partial charge in [-0.3, -0.25) is 4.79 Å². The fourth-order valence-corrected chi connectivity index (χ4v) is 3.24. The Morgan fingerprint density at radius 2 is 2.06 bits per heavy atom. The van der Waals surface area contributed by atoms with Crippen LogP contribution in [0.1, 0.15) is 39.5 Å². The second-order valence-corrected chi connectivity index (χ2v) is 6.25. The Kier molecular flexibility index (Phi) is 4.91. The first-order valence-corrected chi connectivity index (χ1v) is 7.28. The van der Waals surface area contributed by atoms with E-state index in [9.17, 15) is 13.2 Å². The maximum atomic E-state index is 12.0. The summed E-state index contributed by atoms with van der Waals surface area (Å²) < 4.78 is 27.9. The van der Waals surface area contributed by atoms with Crippen LogP contribution >= 0.6 is 0 Å². The van der Waals surface area contributed by atoms with Crippen LogP contribution in [-0.2, 0) is 15.0 Å². The molecule has 1 saturated carbocycles. The van der Waals surface area contributed by atoms with Gasteiger partial charge in [-0.1, -0.05) is 0 Å². The van der Waals surface area contributed by atoms with E-state index in [2.05, 4.69) is 4.72 Å². The van der Waals surface area contributed by atoms with Crippen LogP contribution in [-0.4, -0.2) is 42.4 Å². The molecule has 1 rings (SSSR count). The number of nitrogens with one attached hydrogen (secondary N) is 1. The van der Waals surface area contributed by atoms with Gasteiger partial charge in [0.05, 0.1) is 0 Å². The maximum Gasteiger partial charge on any atom is 0.303 e. The molecule has 0 spiro atoms. The van der Waals surface area contributed by atoms with Crippen LogP contribution in [0.3, 0.4) is 0 Å². The predicted octanol–water partition coefficient (Wildman–Crippen LogP) is 0.558. The normalized spacial score (nSPS) is 16.7. The molecule has 0 aromatic heterocycles. The quantitative estimate of drug-likeness (QED) is 0.670. The third-order valence-electron chi connectivity index (χ3n) is 2.55. The molecule has 0 radical (unpaired) electrons. The van der Waals surface area contributed by atoms with Crippen molar-refractivity contribution in [1.82, 2.24) is 9.03 Å². The van der Waals surface area contributed by atoms with Crippen molar-refractivity contribution in [3.05, 3.63) is 0 Å². The van der Waals surface area contributed by atoms with Crippen LogP contribution < -0.4 is 4.72 Å². The summed E-state index contributed by atoms with van der Waals surface area (Å²) in [7, 11) is -3.47. The fraction of sp³-hybridized carbons (Fsp3) is 0.900. The summed E-state index contributed by atoms with van der Waals surface area (Å²) in [4.78, 5) is 10.4. The van der Waals surface area contributed by atoms with Gasteiger partial charge in [0.15, 0.2) is 0 Å². The minimum Gasteiger partial charge on any atom is -0.481 e. The van der Waals surface area contributed by atoms with Gasteiger partial charge in [-0.25, -0.2) is 0 Å². The highest BCUT2D eigenvalue weighted by molar-refractivity contribution is 7.87. The Balaban J connectivity index is 2.54. The summed E-state index contributed by atoms with van der Waals surface area (Å²) >= 11 is 0. The van der Waals surface area contributed by atoms with Crippen molar-refractivity contribution in [3.63, 3.8) is 0 Å². The average molecular weight is 264 g/mol. The van der Waals surface area contributed by atoms with Gasteiger partial charge in [0, 0.05) is 25.0 Å². The fourth-order valence-electron chi connectivity index (χ4n) is 1.52. The summed E-state index contributed by atoms with van der Waals surface area (Å²) in [6, 6.07) is -0.0965.